The average molecular weight is 225 g/mol. The molecule has 2 heterocycles. The molecule has 0 aromatic carbocycles. The highest BCUT2D eigenvalue weighted by Gasteiger charge is 2.47. The van der Waals surface area contributed by atoms with E-state index >= 15 is 0 Å². The second-order valence-electron chi connectivity index (χ2n) is 3.33. The van der Waals surface area contributed by atoms with Gasteiger partial charge in [-0.25, -0.2) is 4.79 Å². The molecule has 1 saturated heterocycles. The molecular weight excluding hydrogens is 214 g/mol. The summed E-state index contributed by atoms with van der Waals surface area (Å²) in [4.78, 5) is 23.7. The molecule has 1 aliphatic heterocycles. The zero-order chi connectivity index (χ0) is 10.9. The Morgan fingerprint density at radius 2 is 2.27 bits per heavy atom. The van der Waals surface area contributed by atoms with E-state index in [1.165, 1.54) is 11.3 Å². The number of carbonyl (C=O) groups is 2. The fourth-order valence-corrected chi connectivity index (χ4v) is 2.61. The first kappa shape index (κ1) is 10.1. The van der Waals surface area contributed by atoms with Crippen LogP contribution >= 0.6 is 11.3 Å². The molecule has 4 N–H and O–H groups in total. The standard InChI is InChI=1S/C9H11N3O2S/c10-4-3-9(6-2-1-5-15-6)7(13)11-8(14)12-9/h1-2,5H,3-4,10H2,(H2,11,12,13,14). The van der Waals surface area contributed by atoms with Crippen LogP contribution in [-0.4, -0.2) is 18.5 Å². The lowest BCUT2D eigenvalue weighted by molar-refractivity contribution is -0.124. The van der Waals surface area contributed by atoms with Gasteiger partial charge in [0.05, 0.1) is 0 Å². The van der Waals surface area contributed by atoms with Crippen molar-refractivity contribution in [3.05, 3.63) is 22.4 Å². The van der Waals surface area contributed by atoms with Gasteiger partial charge >= 0.3 is 6.03 Å². The lowest BCUT2D eigenvalue weighted by Crippen LogP contribution is -2.44. The molecule has 80 valence electrons. The van der Waals surface area contributed by atoms with Gasteiger partial charge in [0.25, 0.3) is 5.91 Å². The number of hydrogen-bond acceptors (Lipinski definition) is 4. The third-order valence-corrected chi connectivity index (χ3v) is 3.43. The minimum absolute atomic E-state index is 0.319. The summed E-state index contributed by atoms with van der Waals surface area (Å²) in [6.45, 7) is 0.339. The number of nitrogens with two attached hydrogens (primary N) is 1. The van der Waals surface area contributed by atoms with E-state index in [1.807, 2.05) is 17.5 Å². The van der Waals surface area contributed by atoms with Crippen LogP contribution in [0.4, 0.5) is 4.79 Å². The minimum Gasteiger partial charge on any atom is -0.330 e. The third kappa shape index (κ3) is 1.51. The molecule has 1 fully saturated rings. The quantitative estimate of drug-likeness (QED) is 0.639. The Balaban J connectivity index is 2.41. The van der Waals surface area contributed by atoms with Crippen LogP contribution in [0.15, 0.2) is 17.5 Å². The van der Waals surface area contributed by atoms with Crippen LogP contribution in [0, 0.1) is 0 Å². The normalized spacial score (nSPS) is 25.1. The highest BCUT2D eigenvalue weighted by Crippen LogP contribution is 2.31. The zero-order valence-corrected chi connectivity index (χ0v) is 8.76. The van der Waals surface area contributed by atoms with Gasteiger partial charge < -0.3 is 11.1 Å². The van der Waals surface area contributed by atoms with Crippen molar-refractivity contribution in [1.82, 2.24) is 10.6 Å². The second-order valence-corrected chi connectivity index (χ2v) is 4.28. The summed E-state index contributed by atoms with van der Waals surface area (Å²) in [7, 11) is 0. The van der Waals surface area contributed by atoms with Crippen LogP contribution < -0.4 is 16.4 Å². The van der Waals surface area contributed by atoms with Crippen LogP contribution in [-0.2, 0) is 10.3 Å². The van der Waals surface area contributed by atoms with Gasteiger partial charge in [0.1, 0.15) is 0 Å². The summed E-state index contributed by atoms with van der Waals surface area (Å²) in [5.41, 5.74) is 4.52. The highest BCUT2D eigenvalue weighted by molar-refractivity contribution is 7.10. The predicted molar refractivity (Wildman–Crippen MR) is 56.3 cm³/mol. The van der Waals surface area contributed by atoms with Crippen molar-refractivity contribution in [2.24, 2.45) is 5.73 Å². The maximum absolute atomic E-state index is 11.8. The van der Waals surface area contributed by atoms with Crippen molar-refractivity contribution >= 4 is 23.3 Å². The van der Waals surface area contributed by atoms with Crippen LogP contribution in [0.25, 0.3) is 0 Å². The Kier molecular flexibility index (Phi) is 2.45. The van der Waals surface area contributed by atoms with Gasteiger partial charge in [0.15, 0.2) is 5.54 Å². The van der Waals surface area contributed by atoms with Crippen LogP contribution in [0.5, 0.6) is 0 Å². The molecule has 6 heteroatoms. The van der Waals surface area contributed by atoms with Gasteiger partial charge in [-0.3, -0.25) is 10.1 Å². The summed E-state index contributed by atoms with van der Waals surface area (Å²) in [6, 6.07) is 3.21. The lowest BCUT2D eigenvalue weighted by Gasteiger charge is -2.23. The molecule has 0 saturated carbocycles. The molecule has 15 heavy (non-hydrogen) atoms. The van der Waals surface area contributed by atoms with Crippen molar-refractivity contribution in [2.75, 3.05) is 6.54 Å². The summed E-state index contributed by atoms with van der Waals surface area (Å²) in [5.74, 6) is -0.319. The largest absolute Gasteiger partial charge is 0.330 e. The number of carbonyl (C=O) groups excluding carboxylic acids is 2. The lowest BCUT2D eigenvalue weighted by atomic mass is 9.93. The smallest absolute Gasteiger partial charge is 0.322 e. The Hall–Kier alpha value is -1.40. The fourth-order valence-electron chi connectivity index (χ4n) is 1.70. The van der Waals surface area contributed by atoms with Crippen molar-refractivity contribution in [2.45, 2.75) is 12.0 Å². The Bertz CT molecular complexity index is 390. The predicted octanol–water partition coefficient (Wildman–Crippen LogP) is 0.132. The zero-order valence-electron chi connectivity index (χ0n) is 7.95. The van der Waals surface area contributed by atoms with E-state index in [9.17, 15) is 9.59 Å². The van der Waals surface area contributed by atoms with E-state index in [4.69, 9.17) is 5.73 Å². The summed E-state index contributed by atoms with van der Waals surface area (Å²) < 4.78 is 0. The second kappa shape index (κ2) is 3.63. The molecule has 1 aromatic heterocycles. The highest BCUT2D eigenvalue weighted by atomic mass is 32.1. The summed E-state index contributed by atoms with van der Waals surface area (Å²) in [5, 5.41) is 6.76. The maximum atomic E-state index is 11.8. The van der Waals surface area contributed by atoms with E-state index < -0.39 is 11.6 Å². The monoisotopic (exact) mass is 225 g/mol. The van der Waals surface area contributed by atoms with E-state index in [0.29, 0.717) is 13.0 Å². The van der Waals surface area contributed by atoms with E-state index in [1.54, 1.807) is 0 Å². The van der Waals surface area contributed by atoms with Crippen LogP contribution in [0.1, 0.15) is 11.3 Å². The van der Waals surface area contributed by atoms with Crippen molar-refractivity contribution in [1.29, 1.82) is 0 Å². The molecule has 5 nitrogen and oxygen atoms in total. The fraction of sp³-hybridized carbons (Fsp3) is 0.333. The SMILES string of the molecule is NCCC1(c2cccs2)NC(=O)NC1=O. The van der Waals surface area contributed by atoms with Crippen LogP contribution in [0.2, 0.25) is 0 Å². The number of amides is 3. The topological polar surface area (TPSA) is 84.2 Å². The average Bonchev–Trinajstić information content (AvgIpc) is 2.76. The van der Waals surface area contributed by atoms with Gasteiger partial charge in [-0.05, 0) is 24.4 Å². The van der Waals surface area contributed by atoms with Crippen molar-refractivity contribution in [3.63, 3.8) is 0 Å². The first-order chi connectivity index (χ1) is 7.19. The molecule has 0 radical (unpaired) electrons. The molecule has 1 atom stereocenters. The Morgan fingerprint density at radius 1 is 1.47 bits per heavy atom. The van der Waals surface area contributed by atoms with Gasteiger partial charge in [-0.2, -0.15) is 0 Å². The van der Waals surface area contributed by atoms with Gasteiger partial charge in [-0.1, -0.05) is 6.07 Å². The summed E-state index contributed by atoms with van der Waals surface area (Å²) >= 11 is 1.43. The number of imide groups is 1. The van der Waals surface area contributed by atoms with Crippen molar-refractivity contribution < 1.29 is 9.59 Å². The minimum atomic E-state index is -0.958. The molecule has 2 rings (SSSR count). The van der Waals surface area contributed by atoms with Gasteiger partial charge in [0, 0.05) is 4.88 Å². The molecule has 1 unspecified atom stereocenters. The molecule has 1 aliphatic rings. The van der Waals surface area contributed by atoms with E-state index in [0.717, 1.165) is 4.88 Å². The summed E-state index contributed by atoms with van der Waals surface area (Å²) in [6.07, 6.45) is 0.408. The Morgan fingerprint density at radius 3 is 2.73 bits per heavy atom. The number of rotatable bonds is 3. The van der Waals surface area contributed by atoms with E-state index in [-0.39, 0.29) is 5.91 Å². The van der Waals surface area contributed by atoms with Gasteiger partial charge in [-0.15, -0.1) is 11.3 Å². The molecule has 0 spiro atoms. The number of thiophene rings is 1. The first-order valence-corrected chi connectivity index (χ1v) is 5.44. The number of urea groups is 1. The molecule has 3 amide bonds. The number of hydrogen-bond donors (Lipinski definition) is 3. The third-order valence-electron chi connectivity index (χ3n) is 2.40. The van der Waals surface area contributed by atoms with E-state index in [2.05, 4.69) is 10.6 Å². The first-order valence-electron chi connectivity index (χ1n) is 4.57. The molecule has 0 aliphatic carbocycles. The molecule has 1 aromatic rings. The number of nitrogens with one attached hydrogen (secondary N) is 2. The van der Waals surface area contributed by atoms with Gasteiger partial charge in [0.2, 0.25) is 0 Å². The maximum Gasteiger partial charge on any atom is 0.322 e. The van der Waals surface area contributed by atoms with Crippen molar-refractivity contribution in [3.8, 4) is 0 Å². The molecule has 0 bridgehead atoms. The molecular formula is C9H11N3O2S. The van der Waals surface area contributed by atoms with Crippen LogP contribution in [0.3, 0.4) is 0 Å². The Labute approximate surface area is 90.7 Å².